The maximum atomic E-state index is 9.56. The van der Waals surface area contributed by atoms with Crippen molar-refractivity contribution in [1.82, 2.24) is 15.0 Å². The minimum absolute atomic E-state index is 0.0466. The van der Waals surface area contributed by atoms with Gasteiger partial charge in [-0.25, -0.2) is 0 Å². The van der Waals surface area contributed by atoms with Crippen molar-refractivity contribution in [1.29, 1.82) is 0 Å². The summed E-state index contributed by atoms with van der Waals surface area (Å²) in [5.74, 6) is 0.766. The maximum absolute atomic E-state index is 9.56. The number of hydrogen-bond donors (Lipinski definition) is 3. The third-order valence-electron chi connectivity index (χ3n) is 2.71. The van der Waals surface area contributed by atoms with Crippen LogP contribution in [0.4, 0.5) is 11.9 Å². The van der Waals surface area contributed by atoms with Crippen molar-refractivity contribution >= 4 is 11.9 Å². The van der Waals surface area contributed by atoms with Gasteiger partial charge in [0.05, 0.1) is 18.3 Å². The zero-order chi connectivity index (χ0) is 14.0. The number of aliphatic hydroxyl groups is 2. The molecule has 2 rings (SSSR count). The molecule has 3 N–H and O–H groups in total. The predicted octanol–water partition coefficient (Wildman–Crippen LogP) is -0.758. The topological polar surface area (TPSA) is 104 Å². The Labute approximate surface area is 111 Å². The molecule has 8 nitrogen and oxygen atoms in total. The van der Waals surface area contributed by atoms with E-state index in [1.165, 1.54) is 0 Å². The molecule has 2 atom stereocenters. The lowest BCUT2D eigenvalue weighted by Crippen LogP contribution is -2.24. The Morgan fingerprint density at radius 2 is 1.84 bits per heavy atom. The first-order valence-electron chi connectivity index (χ1n) is 6.21. The first kappa shape index (κ1) is 13.8. The van der Waals surface area contributed by atoms with Gasteiger partial charge in [-0.3, -0.25) is 0 Å². The number of hydrogen-bond acceptors (Lipinski definition) is 8. The largest absolute Gasteiger partial charge is 0.461 e. The van der Waals surface area contributed by atoms with E-state index in [1.54, 1.807) is 11.9 Å². The summed E-state index contributed by atoms with van der Waals surface area (Å²) >= 11 is 0. The zero-order valence-corrected chi connectivity index (χ0v) is 11.2. The first-order valence-corrected chi connectivity index (χ1v) is 6.21. The molecule has 106 valence electrons. The van der Waals surface area contributed by atoms with Crippen LogP contribution in [-0.2, 0) is 0 Å². The monoisotopic (exact) mass is 269 g/mol. The van der Waals surface area contributed by atoms with Gasteiger partial charge in [0.1, 0.15) is 0 Å². The number of anilines is 2. The molecule has 1 fully saturated rings. The van der Waals surface area contributed by atoms with Crippen molar-refractivity contribution in [3.63, 3.8) is 0 Å². The molecule has 1 aromatic rings. The van der Waals surface area contributed by atoms with Gasteiger partial charge in [-0.05, 0) is 13.8 Å². The van der Waals surface area contributed by atoms with Gasteiger partial charge in [-0.2, -0.15) is 15.0 Å². The lowest BCUT2D eigenvalue weighted by atomic mass is 10.3. The highest BCUT2D eigenvalue weighted by molar-refractivity contribution is 5.39. The van der Waals surface area contributed by atoms with Crippen molar-refractivity contribution in [2.24, 2.45) is 0 Å². The molecule has 1 aliphatic rings. The summed E-state index contributed by atoms with van der Waals surface area (Å²) < 4.78 is 5.46. The Balaban J connectivity index is 2.24. The Morgan fingerprint density at radius 1 is 1.21 bits per heavy atom. The van der Waals surface area contributed by atoms with E-state index in [0.29, 0.717) is 11.9 Å². The quantitative estimate of drug-likeness (QED) is 0.655. The van der Waals surface area contributed by atoms with Crippen molar-refractivity contribution in [3.05, 3.63) is 0 Å². The second-order valence-electron chi connectivity index (χ2n) is 4.70. The molecule has 1 aromatic heterocycles. The minimum atomic E-state index is -0.788. The number of aromatic nitrogens is 3. The van der Waals surface area contributed by atoms with Crippen molar-refractivity contribution in [2.45, 2.75) is 32.2 Å². The lowest BCUT2D eigenvalue weighted by molar-refractivity contribution is 0.0572. The fraction of sp³-hybridized carbons (Fsp3) is 0.727. The number of rotatable bonds is 4. The Morgan fingerprint density at radius 3 is 2.37 bits per heavy atom. The molecule has 1 aliphatic heterocycles. The van der Waals surface area contributed by atoms with E-state index in [-0.39, 0.29) is 25.2 Å². The molecule has 0 amide bonds. The van der Waals surface area contributed by atoms with Crippen LogP contribution in [0.2, 0.25) is 0 Å². The maximum Gasteiger partial charge on any atom is 0.323 e. The van der Waals surface area contributed by atoms with Crippen LogP contribution in [0.3, 0.4) is 0 Å². The highest BCUT2D eigenvalue weighted by Crippen LogP contribution is 2.20. The molecule has 2 heterocycles. The van der Waals surface area contributed by atoms with E-state index in [1.807, 2.05) is 13.8 Å². The Kier molecular flexibility index (Phi) is 4.01. The highest BCUT2D eigenvalue weighted by atomic mass is 16.5. The van der Waals surface area contributed by atoms with Crippen LogP contribution in [0.25, 0.3) is 0 Å². The fourth-order valence-corrected chi connectivity index (χ4v) is 1.80. The molecule has 0 aromatic carbocycles. The van der Waals surface area contributed by atoms with E-state index in [9.17, 15) is 10.2 Å². The number of ether oxygens (including phenoxy) is 1. The number of nitrogens with one attached hydrogen (secondary N) is 1. The molecule has 0 spiro atoms. The van der Waals surface area contributed by atoms with Gasteiger partial charge < -0.3 is 25.2 Å². The molecule has 2 unspecified atom stereocenters. The molecule has 8 heteroatoms. The van der Waals surface area contributed by atoms with Crippen molar-refractivity contribution in [2.75, 3.05) is 30.4 Å². The predicted molar refractivity (Wildman–Crippen MR) is 69.4 cm³/mol. The van der Waals surface area contributed by atoms with Gasteiger partial charge >= 0.3 is 6.01 Å². The van der Waals surface area contributed by atoms with Crippen molar-refractivity contribution in [3.8, 4) is 6.01 Å². The smallest absolute Gasteiger partial charge is 0.323 e. The Bertz CT molecular complexity index is 432. The molecule has 19 heavy (non-hydrogen) atoms. The molecular formula is C11H19N5O3. The van der Waals surface area contributed by atoms with E-state index >= 15 is 0 Å². The summed E-state index contributed by atoms with van der Waals surface area (Å²) in [5.41, 5.74) is 0. The van der Waals surface area contributed by atoms with E-state index in [4.69, 9.17) is 4.74 Å². The summed E-state index contributed by atoms with van der Waals surface area (Å²) in [7, 11) is 1.70. The molecule has 0 saturated carbocycles. The summed E-state index contributed by atoms with van der Waals surface area (Å²) in [6.45, 7) is 4.34. The summed E-state index contributed by atoms with van der Waals surface area (Å²) in [4.78, 5) is 14.2. The number of β-amino-alcohol motifs (C(OH)–C–C–N with tert-alkyl or cyclic N) is 2. The average molecular weight is 269 g/mol. The van der Waals surface area contributed by atoms with E-state index < -0.39 is 12.2 Å². The van der Waals surface area contributed by atoms with Crippen LogP contribution < -0.4 is 15.0 Å². The van der Waals surface area contributed by atoms with Gasteiger partial charge in [0.25, 0.3) is 0 Å². The summed E-state index contributed by atoms with van der Waals surface area (Å²) in [6, 6.07) is 0.222. The van der Waals surface area contributed by atoms with Crippen LogP contribution >= 0.6 is 0 Å². The van der Waals surface area contributed by atoms with E-state index in [2.05, 4.69) is 20.3 Å². The van der Waals surface area contributed by atoms with Gasteiger partial charge in [0.15, 0.2) is 0 Å². The fourth-order valence-electron chi connectivity index (χ4n) is 1.80. The number of aliphatic hydroxyl groups excluding tert-OH is 2. The van der Waals surface area contributed by atoms with Crippen LogP contribution in [0.15, 0.2) is 0 Å². The molecule has 1 saturated heterocycles. The zero-order valence-electron chi connectivity index (χ0n) is 11.2. The third-order valence-corrected chi connectivity index (χ3v) is 2.71. The first-order chi connectivity index (χ1) is 8.99. The van der Waals surface area contributed by atoms with Gasteiger partial charge in [-0.15, -0.1) is 0 Å². The SMILES string of the molecule is CNc1nc(OC(C)C)nc(N2CC(O)C(O)C2)n1. The minimum Gasteiger partial charge on any atom is -0.461 e. The van der Waals surface area contributed by atoms with Crippen molar-refractivity contribution < 1.29 is 14.9 Å². The molecular weight excluding hydrogens is 250 g/mol. The summed E-state index contributed by atoms with van der Waals surface area (Å²) in [5, 5.41) is 22.0. The second kappa shape index (κ2) is 5.54. The number of nitrogens with zero attached hydrogens (tertiary/aromatic N) is 4. The highest BCUT2D eigenvalue weighted by Gasteiger charge is 2.31. The molecule has 0 radical (unpaired) electrons. The molecule has 0 bridgehead atoms. The van der Waals surface area contributed by atoms with Gasteiger partial charge in [-0.1, -0.05) is 0 Å². The molecule has 0 aliphatic carbocycles. The van der Waals surface area contributed by atoms with Crippen LogP contribution in [0.1, 0.15) is 13.8 Å². The Hall–Kier alpha value is -1.67. The lowest BCUT2D eigenvalue weighted by Gasteiger charge is -2.17. The van der Waals surface area contributed by atoms with Crippen LogP contribution in [-0.4, -0.2) is 63.6 Å². The van der Waals surface area contributed by atoms with E-state index in [0.717, 1.165) is 0 Å². The summed E-state index contributed by atoms with van der Waals surface area (Å²) in [6.07, 6.45) is -1.62. The second-order valence-corrected chi connectivity index (χ2v) is 4.70. The normalized spacial score (nSPS) is 22.9. The third kappa shape index (κ3) is 3.21. The average Bonchev–Trinajstić information content (AvgIpc) is 2.68. The van der Waals surface area contributed by atoms with Gasteiger partial charge in [0.2, 0.25) is 11.9 Å². The van der Waals surface area contributed by atoms with Crippen LogP contribution in [0, 0.1) is 0 Å². The van der Waals surface area contributed by atoms with Crippen LogP contribution in [0.5, 0.6) is 6.01 Å². The standard InChI is InChI=1S/C11H19N5O3/c1-6(2)19-11-14-9(12-3)13-10(15-11)16-4-7(17)8(18)5-16/h6-8,17-18H,4-5H2,1-3H3,(H,12,13,14,15). The van der Waals surface area contributed by atoms with Gasteiger partial charge in [0, 0.05) is 20.1 Å².